The summed E-state index contributed by atoms with van der Waals surface area (Å²) in [6.07, 6.45) is -4.92. The summed E-state index contributed by atoms with van der Waals surface area (Å²) in [5, 5.41) is 8.79. The van der Waals surface area contributed by atoms with Gasteiger partial charge in [0.05, 0.1) is 6.61 Å². The maximum absolute atomic E-state index is 12.8. The van der Waals surface area contributed by atoms with Gasteiger partial charge < -0.3 is 19.0 Å². The number of carboxylic acid groups (broad SMARTS) is 1. The highest BCUT2D eigenvalue weighted by atomic mass is 19.4. The number of aromatic nitrogens is 1. The summed E-state index contributed by atoms with van der Waals surface area (Å²) in [7, 11) is 1.52. The minimum absolute atomic E-state index is 0.196. The summed E-state index contributed by atoms with van der Waals surface area (Å²) in [6, 6.07) is 5.84. The van der Waals surface area contributed by atoms with Gasteiger partial charge in [-0.2, -0.15) is 13.2 Å². The van der Waals surface area contributed by atoms with E-state index in [0.717, 1.165) is 0 Å². The summed E-state index contributed by atoms with van der Waals surface area (Å²) < 4.78 is 53.1. The highest BCUT2D eigenvalue weighted by Crippen LogP contribution is 2.34. The van der Waals surface area contributed by atoms with Gasteiger partial charge in [0.2, 0.25) is 11.7 Å². The molecule has 1 aromatic heterocycles. The van der Waals surface area contributed by atoms with Gasteiger partial charge in [0.1, 0.15) is 12.4 Å². The van der Waals surface area contributed by atoms with Crippen LogP contribution in [0.4, 0.5) is 13.2 Å². The summed E-state index contributed by atoms with van der Waals surface area (Å²) >= 11 is 0. The number of ether oxygens (including phenoxy) is 2. The van der Waals surface area contributed by atoms with Gasteiger partial charge >= 0.3 is 12.1 Å². The third-order valence-corrected chi connectivity index (χ3v) is 2.75. The Morgan fingerprint density at radius 3 is 2.39 bits per heavy atom. The number of carboxylic acids is 1. The molecule has 0 amide bonds. The fourth-order valence-corrected chi connectivity index (χ4v) is 1.72. The van der Waals surface area contributed by atoms with E-state index in [0.29, 0.717) is 19.0 Å². The van der Waals surface area contributed by atoms with Crippen LogP contribution in [0.5, 0.6) is 5.75 Å². The molecule has 0 saturated heterocycles. The third-order valence-electron chi connectivity index (χ3n) is 2.75. The normalized spacial score (nSPS) is 11.5. The Labute approximate surface area is 128 Å². The van der Waals surface area contributed by atoms with Crippen LogP contribution in [0.25, 0.3) is 11.5 Å². The van der Waals surface area contributed by atoms with Gasteiger partial charge in [-0.15, -0.1) is 0 Å². The number of methoxy groups -OCH3 is 1. The predicted octanol–water partition coefficient (Wildman–Crippen LogP) is 3.08. The van der Waals surface area contributed by atoms with E-state index < -0.39 is 29.5 Å². The molecule has 0 aliphatic carbocycles. The van der Waals surface area contributed by atoms with Gasteiger partial charge in [0.15, 0.2) is 5.69 Å². The first-order valence-electron chi connectivity index (χ1n) is 6.36. The number of carbonyl (C=O) groups is 1. The van der Waals surface area contributed by atoms with Crippen LogP contribution in [-0.2, 0) is 10.9 Å². The van der Waals surface area contributed by atoms with Crippen LogP contribution in [0.1, 0.15) is 16.2 Å². The zero-order chi connectivity index (χ0) is 17.0. The number of rotatable bonds is 6. The highest BCUT2D eigenvalue weighted by Gasteiger charge is 2.41. The van der Waals surface area contributed by atoms with Crippen molar-refractivity contribution in [1.82, 2.24) is 4.98 Å². The first kappa shape index (κ1) is 16.8. The van der Waals surface area contributed by atoms with E-state index in [2.05, 4.69) is 4.98 Å². The van der Waals surface area contributed by atoms with Gasteiger partial charge in [-0.05, 0) is 24.3 Å². The molecule has 9 heteroatoms. The zero-order valence-corrected chi connectivity index (χ0v) is 11.9. The van der Waals surface area contributed by atoms with Gasteiger partial charge in [0.25, 0.3) is 0 Å². The Balaban J connectivity index is 2.26. The predicted molar refractivity (Wildman–Crippen MR) is 71.3 cm³/mol. The Morgan fingerprint density at radius 2 is 1.91 bits per heavy atom. The molecule has 0 spiro atoms. The molecule has 0 unspecified atom stereocenters. The Kier molecular flexibility index (Phi) is 4.89. The second-order valence-electron chi connectivity index (χ2n) is 4.37. The monoisotopic (exact) mass is 331 g/mol. The molecule has 0 saturated carbocycles. The molecule has 6 nitrogen and oxygen atoms in total. The van der Waals surface area contributed by atoms with Crippen LogP contribution < -0.4 is 4.74 Å². The second-order valence-corrected chi connectivity index (χ2v) is 4.37. The van der Waals surface area contributed by atoms with Gasteiger partial charge in [0, 0.05) is 12.7 Å². The van der Waals surface area contributed by atoms with Crippen LogP contribution in [-0.4, -0.2) is 36.4 Å². The molecule has 0 bridgehead atoms. The Hall–Kier alpha value is -2.55. The molecule has 124 valence electrons. The number of alkyl halides is 3. The van der Waals surface area contributed by atoms with E-state index >= 15 is 0 Å². The maximum atomic E-state index is 12.8. The summed E-state index contributed by atoms with van der Waals surface area (Å²) in [6.45, 7) is 0.703. The average Bonchev–Trinajstić information content (AvgIpc) is 2.94. The molecule has 0 fully saturated rings. The lowest BCUT2D eigenvalue weighted by molar-refractivity contribution is -0.141. The average molecular weight is 331 g/mol. The lowest BCUT2D eigenvalue weighted by atomic mass is 10.2. The van der Waals surface area contributed by atoms with Crippen LogP contribution in [0.3, 0.4) is 0 Å². The number of hydrogen-bond acceptors (Lipinski definition) is 5. The number of oxazole rings is 1. The largest absolute Gasteiger partial charge is 0.491 e. The van der Waals surface area contributed by atoms with E-state index in [4.69, 9.17) is 19.0 Å². The van der Waals surface area contributed by atoms with Crippen LogP contribution in [0.2, 0.25) is 0 Å². The van der Waals surface area contributed by atoms with Crippen molar-refractivity contribution < 1.29 is 37.0 Å². The number of hydrogen-bond donors (Lipinski definition) is 1. The van der Waals surface area contributed by atoms with E-state index in [1.807, 2.05) is 0 Å². The van der Waals surface area contributed by atoms with Gasteiger partial charge in [-0.25, -0.2) is 9.78 Å². The SMILES string of the molecule is COCCOc1ccc(-c2nc(C(F)(F)F)c(C(=O)O)o2)cc1. The van der Waals surface area contributed by atoms with E-state index in [-0.39, 0.29) is 5.56 Å². The Bertz CT molecular complexity index is 679. The molecule has 23 heavy (non-hydrogen) atoms. The van der Waals surface area contributed by atoms with Crippen molar-refractivity contribution in [2.75, 3.05) is 20.3 Å². The molecule has 1 aromatic carbocycles. The molecule has 0 radical (unpaired) electrons. The van der Waals surface area contributed by atoms with Crippen molar-refractivity contribution in [3.63, 3.8) is 0 Å². The molecule has 2 aromatic rings. The summed E-state index contributed by atoms with van der Waals surface area (Å²) in [4.78, 5) is 14.1. The van der Waals surface area contributed by atoms with Crippen molar-refractivity contribution in [1.29, 1.82) is 0 Å². The summed E-state index contributed by atoms with van der Waals surface area (Å²) in [5.41, 5.74) is -1.37. The van der Waals surface area contributed by atoms with Gasteiger partial charge in [-0.1, -0.05) is 0 Å². The highest BCUT2D eigenvalue weighted by molar-refractivity contribution is 5.86. The first-order valence-corrected chi connectivity index (χ1v) is 6.36. The van der Waals surface area contributed by atoms with Crippen molar-refractivity contribution in [2.45, 2.75) is 6.18 Å². The number of nitrogens with zero attached hydrogens (tertiary/aromatic N) is 1. The topological polar surface area (TPSA) is 81.8 Å². The molecule has 0 aliphatic heterocycles. The standard InChI is InChI=1S/C14H12F3NO5/c1-21-6-7-22-9-4-2-8(3-5-9)12-18-11(14(15,16)17)10(23-12)13(19)20/h2-5H,6-7H2,1H3,(H,19,20). The minimum Gasteiger partial charge on any atom is -0.491 e. The minimum atomic E-state index is -4.92. The van der Waals surface area contributed by atoms with Crippen LogP contribution in [0, 0.1) is 0 Å². The van der Waals surface area contributed by atoms with Crippen LogP contribution >= 0.6 is 0 Å². The zero-order valence-electron chi connectivity index (χ0n) is 11.9. The second kappa shape index (κ2) is 6.69. The number of benzene rings is 1. The van der Waals surface area contributed by atoms with Crippen molar-refractivity contribution >= 4 is 5.97 Å². The van der Waals surface area contributed by atoms with Crippen molar-refractivity contribution in [3.8, 4) is 17.2 Å². The number of halogens is 3. The molecular formula is C14H12F3NO5. The molecule has 0 aliphatic rings. The molecule has 1 N–H and O–H groups in total. The molecule has 0 atom stereocenters. The lowest BCUT2D eigenvalue weighted by Gasteiger charge is -2.05. The Morgan fingerprint density at radius 1 is 1.26 bits per heavy atom. The molecule has 2 rings (SSSR count). The fourth-order valence-electron chi connectivity index (χ4n) is 1.72. The molecular weight excluding hydrogens is 319 g/mol. The smallest absolute Gasteiger partial charge is 0.437 e. The van der Waals surface area contributed by atoms with Crippen LogP contribution in [0.15, 0.2) is 28.7 Å². The quantitative estimate of drug-likeness (QED) is 0.819. The maximum Gasteiger partial charge on any atom is 0.437 e. The van der Waals surface area contributed by atoms with E-state index in [9.17, 15) is 18.0 Å². The van der Waals surface area contributed by atoms with Crippen molar-refractivity contribution in [3.05, 3.63) is 35.7 Å². The van der Waals surface area contributed by atoms with E-state index in [1.165, 1.54) is 31.4 Å². The summed E-state index contributed by atoms with van der Waals surface area (Å²) in [5.74, 6) is -3.03. The fraction of sp³-hybridized carbons (Fsp3) is 0.286. The third kappa shape index (κ3) is 4.01. The van der Waals surface area contributed by atoms with Crippen molar-refractivity contribution in [2.24, 2.45) is 0 Å². The number of aromatic carboxylic acids is 1. The van der Waals surface area contributed by atoms with Gasteiger partial charge in [-0.3, -0.25) is 0 Å². The molecule has 1 heterocycles. The van der Waals surface area contributed by atoms with E-state index in [1.54, 1.807) is 0 Å². The first-order chi connectivity index (χ1) is 10.8. The lowest BCUT2D eigenvalue weighted by Crippen LogP contribution is -2.11.